The van der Waals surface area contributed by atoms with Gasteiger partial charge in [-0.2, -0.15) is 0 Å². The molecule has 82 valence electrons. The minimum absolute atomic E-state index is 0.000185. The second-order valence-electron chi connectivity index (χ2n) is 3.77. The van der Waals surface area contributed by atoms with Crippen molar-refractivity contribution >= 4 is 17.1 Å². The summed E-state index contributed by atoms with van der Waals surface area (Å²) in [6, 6.07) is 6.90. The van der Waals surface area contributed by atoms with E-state index in [0.29, 0.717) is 10.9 Å². The molecule has 2 aromatic rings. The number of carbonyl (C=O) groups is 1. The van der Waals surface area contributed by atoms with Crippen LogP contribution in [0.15, 0.2) is 24.3 Å². The Bertz CT molecular complexity index is 559. The number of aromatic hydroxyl groups is 2. The summed E-state index contributed by atoms with van der Waals surface area (Å²) >= 11 is 0. The summed E-state index contributed by atoms with van der Waals surface area (Å²) in [6.45, 7) is 1.84. The molecule has 0 unspecified atom stereocenters. The summed E-state index contributed by atoms with van der Waals surface area (Å²) in [5.41, 5.74) is 1.42. The number of fused-ring (bicyclic) bond motifs is 1. The summed E-state index contributed by atoms with van der Waals surface area (Å²) in [7, 11) is 0. The third-order valence-corrected chi connectivity index (χ3v) is 2.73. The lowest BCUT2D eigenvalue weighted by Gasteiger charge is -2.10. The van der Waals surface area contributed by atoms with Crippen LogP contribution in [0.2, 0.25) is 0 Å². The zero-order valence-corrected chi connectivity index (χ0v) is 8.90. The van der Waals surface area contributed by atoms with Gasteiger partial charge in [-0.1, -0.05) is 18.2 Å². The number of aldehydes is 1. The first-order valence-electron chi connectivity index (χ1n) is 5.02. The molecule has 0 bridgehead atoms. The molecule has 0 saturated heterocycles. The van der Waals surface area contributed by atoms with Crippen molar-refractivity contribution < 1.29 is 15.0 Å². The maximum Gasteiger partial charge on any atom is 0.131 e. The molecule has 0 aromatic heterocycles. The van der Waals surface area contributed by atoms with Gasteiger partial charge in [0.1, 0.15) is 17.8 Å². The maximum absolute atomic E-state index is 10.5. The predicted molar refractivity (Wildman–Crippen MR) is 61.8 cm³/mol. The lowest BCUT2D eigenvalue weighted by atomic mass is 9.98. The van der Waals surface area contributed by atoms with E-state index in [2.05, 4.69) is 0 Å². The van der Waals surface area contributed by atoms with Gasteiger partial charge >= 0.3 is 0 Å². The lowest BCUT2D eigenvalue weighted by molar-refractivity contribution is -0.107. The number of phenolic OH excluding ortho intramolecular Hbond substituents is 2. The molecule has 0 atom stereocenters. The SMILES string of the molecule is Cc1cc2cccc(O)c2c(O)c1CC=O. The summed E-state index contributed by atoms with van der Waals surface area (Å²) in [4.78, 5) is 10.5. The smallest absolute Gasteiger partial charge is 0.131 e. The van der Waals surface area contributed by atoms with Crippen LogP contribution >= 0.6 is 0 Å². The first-order valence-corrected chi connectivity index (χ1v) is 5.02. The van der Waals surface area contributed by atoms with Crippen LogP contribution in [0.4, 0.5) is 0 Å². The van der Waals surface area contributed by atoms with Gasteiger partial charge in [0.2, 0.25) is 0 Å². The van der Waals surface area contributed by atoms with Crippen molar-refractivity contribution in [2.75, 3.05) is 0 Å². The highest BCUT2D eigenvalue weighted by Crippen LogP contribution is 2.37. The Kier molecular flexibility index (Phi) is 2.52. The average Bonchev–Trinajstić information content (AvgIpc) is 2.24. The number of phenols is 2. The topological polar surface area (TPSA) is 57.5 Å². The fourth-order valence-electron chi connectivity index (χ4n) is 1.93. The van der Waals surface area contributed by atoms with Crippen LogP contribution in [0, 0.1) is 6.92 Å². The molecule has 0 amide bonds. The Hall–Kier alpha value is -2.03. The molecule has 0 saturated carbocycles. The van der Waals surface area contributed by atoms with Crippen LogP contribution in [0.1, 0.15) is 11.1 Å². The van der Waals surface area contributed by atoms with Crippen LogP contribution in [0.3, 0.4) is 0 Å². The molecule has 0 aliphatic heterocycles. The monoisotopic (exact) mass is 216 g/mol. The normalized spacial score (nSPS) is 10.6. The number of hydrogen-bond donors (Lipinski definition) is 2. The first kappa shape index (κ1) is 10.5. The molecule has 0 aliphatic carbocycles. The zero-order valence-electron chi connectivity index (χ0n) is 8.90. The van der Waals surface area contributed by atoms with E-state index < -0.39 is 0 Å². The van der Waals surface area contributed by atoms with Crippen LogP contribution in [-0.4, -0.2) is 16.5 Å². The average molecular weight is 216 g/mol. The Labute approximate surface area is 93.0 Å². The maximum atomic E-state index is 10.5. The van der Waals surface area contributed by atoms with Crippen molar-refractivity contribution in [3.8, 4) is 11.5 Å². The van der Waals surface area contributed by atoms with Gasteiger partial charge in [0, 0.05) is 12.0 Å². The molecule has 3 heteroatoms. The Morgan fingerprint density at radius 2 is 2.06 bits per heavy atom. The van der Waals surface area contributed by atoms with Gasteiger partial charge in [0.25, 0.3) is 0 Å². The molecule has 0 fully saturated rings. The second kappa shape index (κ2) is 3.85. The zero-order chi connectivity index (χ0) is 11.7. The molecule has 2 rings (SSSR count). The van der Waals surface area contributed by atoms with Gasteiger partial charge in [-0.15, -0.1) is 0 Å². The van der Waals surface area contributed by atoms with E-state index in [0.717, 1.165) is 17.2 Å². The van der Waals surface area contributed by atoms with Crippen molar-refractivity contribution in [1.82, 2.24) is 0 Å². The van der Waals surface area contributed by atoms with Crippen molar-refractivity contribution in [1.29, 1.82) is 0 Å². The molecule has 0 radical (unpaired) electrons. The Morgan fingerprint density at radius 1 is 1.31 bits per heavy atom. The highest BCUT2D eigenvalue weighted by Gasteiger charge is 2.12. The standard InChI is InChI=1S/C13H12O3/c1-8-7-9-3-2-4-11(15)12(9)13(16)10(8)5-6-14/h2-4,6-7,15-16H,5H2,1H3. The highest BCUT2D eigenvalue weighted by molar-refractivity contribution is 5.95. The largest absolute Gasteiger partial charge is 0.507 e. The fourth-order valence-corrected chi connectivity index (χ4v) is 1.93. The van der Waals surface area contributed by atoms with Crippen molar-refractivity contribution in [3.63, 3.8) is 0 Å². The highest BCUT2D eigenvalue weighted by atomic mass is 16.3. The minimum Gasteiger partial charge on any atom is -0.507 e. The van der Waals surface area contributed by atoms with Crippen LogP contribution < -0.4 is 0 Å². The summed E-state index contributed by atoms with van der Waals surface area (Å²) in [6.07, 6.45) is 0.899. The molecule has 2 aromatic carbocycles. The Balaban J connectivity index is 2.85. The van der Waals surface area contributed by atoms with E-state index in [1.807, 2.05) is 19.1 Å². The third-order valence-electron chi connectivity index (χ3n) is 2.73. The van der Waals surface area contributed by atoms with E-state index >= 15 is 0 Å². The molecular formula is C13H12O3. The number of carbonyl (C=O) groups excluding carboxylic acids is 1. The fraction of sp³-hybridized carbons (Fsp3) is 0.154. The van der Waals surface area contributed by atoms with Crippen LogP contribution in [0.25, 0.3) is 10.8 Å². The van der Waals surface area contributed by atoms with E-state index in [9.17, 15) is 15.0 Å². The van der Waals surface area contributed by atoms with Crippen molar-refractivity contribution in [2.24, 2.45) is 0 Å². The van der Waals surface area contributed by atoms with Gasteiger partial charge in [-0.05, 0) is 23.9 Å². The van der Waals surface area contributed by atoms with E-state index in [1.54, 1.807) is 6.07 Å². The van der Waals surface area contributed by atoms with E-state index in [1.165, 1.54) is 6.07 Å². The third kappa shape index (κ3) is 1.50. The number of aryl methyl sites for hydroxylation is 1. The van der Waals surface area contributed by atoms with Crippen LogP contribution in [-0.2, 0) is 11.2 Å². The number of hydrogen-bond acceptors (Lipinski definition) is 3. The number of rotatable bonds is 2. The predicted octanol–water partition coefficient (Wildman–Crippen LogP) is 2.30. The molecular weight excluding hydrogens is 204 g/mol. The molecule has 2 N–H and O–H groups in total. The summed E-state index contributed by atoms with van der Waals surface area (Å²) in [5.74, 6) is 0.0300. The molecule has 0 heterocycles. The minimum atomic E-state index is 0.000185. The van der Waals surface area contributed by atoms with E-state index in [4.69, 9.17) is 0 Å². The second-order valence-corrected chi connectivity index (χ2v) is 3.77. The van der Waals surface area contributed by atoms with Gasteiger partial charge in [0.05, 0.1) is 5.39 Å². The van der Waals surface area contributed by atoms with Crippen molar-refractivity contribution in [2.45, 2.75) is 13.3 Å². The van der Waals surface area contributed by atoms with Gasteiger partial charge in [0.15, 0.2) is 0 Å². The quantitative estimate of drug-likeness (QED) is 0.757. The molecule has 16 heavy (non-hydrogen) atoms. The van der Waals surface area contributed by atoms with Gasteiger partial charge in [-0.3, -0.25) is 0 Å². The van der Waals surface area contributed by atoms with Gasteiger partial charge < -0.3 is 15.0 Å². The molecule has 0 aliphatic rings. The molecule has 0 spiro atoms. The summed E-state index contributed by atoms with van der Waals surface area (Å²) < 4.78 is 0. The number of benzene rings is 2. The van der Waals surface area contributed by atoms with Crippen molar-refractivity contribution in [3.05, 3.63) is 35.4 Å². The van der Waals surface area contributed by atoms with Crippen LogP contribution in [0.5, 0.6) is 11.5 Å². The molecule has 3 nitrogen and oxygen atoms in total. The van der Waals surface area contributed by atoms with Gasteiger partial charge in [-0.25, -0.2) is 0 Å². The Morgan fingerprint density at radius 3 is 2.75 bits per heavy atom. The lowest BCUT2D eigenvalue weighted by Crippen LogP contribution is -1.92. The summed E-state index contributed by atoms with van der Waals surface area (Å²) in [5, 5.41) is 20.9. The van der Waals surface area contributed by atoms with E-state index in [-0.39, 0.29) is 17.9 Å². The first-order chi connectivity index (χ1) is 7.65.